The Kier molecular flexibility index (Phi) is 3.01. The van der Waals surface area contributed by atoms with Gasteiger partial charge in [-0.3, -0.25) is 0 Å². The van der Waals surface area contributed by atoms with Crippen LogP contribution in [-0.2, 0) is 0 Å². The smallest absolute Gasteiger partial charge is 0.323 e. The molecule has 0 saturated heterocycles. The maximum atomic E-state index is 8.81. The first kappa shape index (κ1) is 11.1. The van der Waals surface area contributed by atoms with Gasteiger partial charge in [0.1, 0.15) is 17.5 Å². The van der Waals surface area contributed by atoms with E-state index < -0.39 is 0 Å². The van der Waals surface area contributed by atoms with Crippen molar-refractivity contribution in [2.75, 3.05) is 0 Å². The van der Waals surface area contributed by atoms with Crippen molar-refractivity contribution in [3.05, 3.63) is 47.3 Å². The van der Waals surface area contributed by atoms with Crippen LogP contribution in [0.25, 0.3) is 0 Å². The van der Waals surface area contributed by atoms with Crippen molar-refractivity contribution in [2.24, 2.45) is 0 Å². The first-order valence-corrected chi connectivity index (χ1v) is 5.18. The summed E-state index contributed by atoms with van der Waals surface area (Å²) in [5.74, 6) is 0.696. The minimum atomic E-state index is 0.204. The number of hydrogen-bond donors (Lipinski definition) is 0. The normalized spacial score (nSPS) is 9.71. The molecule has 1 heterocycles. The first-order valence-electron chi connectivity index (χ1n) is 5.18. The third-order valence-electron chi connectivity index (χ3n) is 2.24. The Morgan fingerprint density at radius 1 is 1.18 bits per heavy atom. The summed E-state index contributed by atoms with van der Waals surface area (Å²) in [5, 5.41) is 8.81. The van der Waals surface area contributed by atoms with Crippen LogP contribution in [0.4, 0.5) is 0 Å². The molecule has 2 rings (SSSR count). The molecule has 0 aliphatic rings. The van der Waals surface area contributed by atoms with Crippen molar-refractivity contribution in [3.63, 3.8) is 0 Å². The van der Waals surface area contributed by atoms with E-state index in [1.165, 1.54) is 0 Å². The van der Waals surface area contributed by atoms with Crippen LogP contribution in [0.3, 0.4) is 0 Å². The van der Waals surface area contributed by atoms with Gasteiger partial charge >= 0.3 is 6.01 Å². The van der Waals surface area contributed by atoms with Gasteiger partial charge in [-0.05, 0) is 31.5 Å². The lowest BCUT2D eigenvalue weighted by molar-refractivity contribution is 0.436. The van der Waals surface area contributed by atoms with E-state index in [2.05, 4.69) is 9.97 Å². The van der Waals surface area contributed by atoms with Gasteiger partial charge in [0.05, 0.1) is 0 Å². The zero-order chi connectivity index (χ0) is 12.3. The van der Waals surface area contributed by atoms with E-state index in [1.807, 2.05) is 37.3 Å². The van der Waals surface area contributed by atoms with Gasteiger partial charge in [-0.1, -0.05) is 18.2 Å². The summed E-state index contributed by atoms with van der Waals surface area (Å²) in [6.07, 6.45) is 0. The second-order valence-corrected chi connectivity index (χ2v) is 3.66. The largest absolute Gasteiger partial charge is 0.424 e. The molecule has 0 atom stereocenters. The number of benzene rings is 1. The molecule has 84 valence electrons. The molecule has 0 radical (unpaired) electrons. The quantitative estimate of drug-likeness (QED) is 0.788. The summed E-state index contributed by atoms with van der Waals surface area (Å²) >= 11 is 0. The van der Waals surface area contributed by atoms with Crippen molar-refractivity contribution in [2.45, 2.75) is 13.8 Å². The maximum absolute atomic E-state index is 8.81. The van der Waals surface area contributed by atoms with Gasteiger partial charge in [0, 0.05) is 5.69 Å². The second kappa shape index (κ2) is 4.62. The van der Waals surface area contributed by atoms with Gasteiger partial charge in [0.25, 0.3) is 0 Å². The Hall–Kier alpha value is -2.41. The number of nitrogens with zero attached hydrogens (tertiary/aromatic N) is 3. The summed E-state index contributed by atoms with van der Waals surface area (Å²) in [7, 11) is 0. The van der Waals surface area contributed by atoms with Crippen molar-refractivity contribution >= 4 is 0 Å². The van der Waals surface area contributed by atoms with Gasteiger partial charge in [0.2, 0.25) is 0 Å². The summed E-state index contributed by atoms with van der Waals surface area (Å²) in [4.78, 5) is 8.13. The van der Waals surface area contributed by atoms with Crippen LogP contribution >= 0.6 is 0 Å². The van der Waals surface area contributed by atoms with Gasteiger partial charge in [-0.25, -0.2) is 4.98 Å². The maximum Gasteiger partial charge on any atom is 0.323 e. The van der Waals surface area contributed by atoms with Crippen LogP contribution in [0, 0.1) is 25.2 Å². The molecule has 0 fully saturated rings. The highest BCUT2D eigenvalue weighted by Gasteiger charge is 2.05. The van der Waals surface area contributed by atoms with E-state index in [9.17, 15) is 0 Å². The number of ether oxygens (including phenoxy) is 1. The zero-order valence-corrected chi connectivity index (χ0v) is 9.64. The molecule has 4 heteroatoms. The Labute approximate surface area is 99.5 Å². The lowest BCUT2D eigenvalue weighted by Crippen LogP contribution is -1.97. The fraction of sp³-hybridized carbons (Fsp3) is 0.154. The van der Waals surface area contributed by atoms with Gasteiger partial charge in [-0.15, -0.1) is 0 Å². The Bertz CT molecular complexity index is 587. The summed E-state index contributed by atoms with van der Waals surface area (Å²) in [5.41, 5.74) is 2.01. The molecule has 0 aliphatic heterocycles. The molecular formula is C13H11N3O. The van der Waals surface area contributed by atoms with E-state index in [1.54, 1.807) is 13.0 Å². The summed E-state index contributed by atoms with van der Waals surface area (Å²) in [6.45, 7) is 3.74. The van der Waals surface area contributed by atoms with Crippen LogP contribution in [0.1, 0.15) is 17.0 Å². The SMILES string of the molecule is Cc1cc(C#N)nc(Oc2ccccc2C)n1. The first-order chi connectivity index (χ1) is 8.19. The molecule has 0 N–H and O–H groups in total. The Balaban J connectivity index is 2.34. The van der Waals surface area contributed by atoms with Gasteiger partial charge in [-0.2, -0.15) is 10.2 Å². The van der Waals surface area contributed by atoms with E-state index in [-0.39, 0.29) is 6.01 Å². The number of hydrogen-bond acceptors (Lipinski definition) is 4. The summed E-state index contributed by atoms with van der Waals surface area (Å²) in [6, 6.07) is 11.4. The number of para-hydroxylation sites is 1. The molecule has 1 aromatic heterocycles. The molecule has 0 aliphatic carbocycles. The lowest BCUT2D eigenvalue weighted by atomic mass is 10.2. The number of aromatic nitrogens is 2. The van der Waals surface area contributed by atoms with Crippen LogP contribution in [0.15, 0.2) is 30.3 Å². The van der Waals surface area contributed by atoms with Crippen LogP contribution in [0.5, 0.6) is 11.8 Å². The molecular weight excluding hydrogens is 214 g/mol. The average Bonchev–Trinajstić information content (AvgIpc) is 2.31. The minimum absolute atomic E-state index is 0.204. The second-order valence-electron chi connectivity index (χ2n) is 3.66. The standard InChI is InChI=1S/C13H11N3O/c1-9-5-3-4-6-12(9)17-13-15-10(2)7-11(8-14)16-13/h3-7H,1-2H3. The van der Waals surface area contributed by atoms with Gasteiger partial charge < -0.3 is 4.74 Å². The van der Waals surface area contributed by atoms with E-state index in [0.717, 1.165) is 5.56 Å². The molecule has 0 amide bonds. The van der Waals surface area contributed by atoms with E-state index in [0.29, 0.717) is 17.1 Å². The Morgan fingerprint density at radius 2 is 1.94 bits per heavy atom. The van der Waals surface area contributed by atoms with E-state index in [4.69, 9.17) is 10.00 Å². The fourth-order valence-corrected chi connectivity index (χ4v) is 1.41. The zero-order valence-electron chi connectivity index (χ0n) is 9.64. The van der Waals surface area contributed by atoms with Crippen molar-refractivity contribution < 1.29 is 4.74 Å². The van der Waals surface area contributed by atoms with Crippen LogP contribution < -0.4 is 4.74 Å². The summed E-state index contributed by atoms with van der Waals surface area (Å²) < 4.78 is 5.56. The number of aryl methyl sites for hydroxylation is 2. The lowest BCUT2D eigenvalue weighted by Gasteiger charge is -2.06. The molecule has 1 aromatic carbocycles. The van der Waals surface area contributed by atoms with Crippen molar-refractivity contribution in [1.29, 1.82) is 5.26 Å². The highest BCUT2D eigenvalue weighted by Crippen LogP contribution is 2.21. The number of rotatable bonds is 2. The average molecular weight is 225 g/mol. The van der Waals surface area contributed by atoms with Crippen molar-refractivity contribution in [1.82, 2.24) is 9.97 Å². The van der Waals surface area contributed by atoms with E-state index >= 15 is 0 Å². The molecule has 2 aromatic rings. The highest BCUT2D eigenvalue weighted by molar-refractivity contribution is 5.34. The highest BCUT2D eigenvalue weighted by atomic mass is 16.5. The third-order valence-corrected chi connectivity index (χ3v) is 2.24. The van der Waals surface area contributed by atoms with Crippen LogP contribution in [-0.4, -0.2) is 9.97 Å². The third kappa shape index (κ3) is 2.58. The minimum Gasteiger partial charge on any atom is -0.424 e. The Morgan fingerprint density at radius 3 is 2.65 bits per heavy atom. The molecule has 0 saturated carbocycles. The topological polar surface area (TPSA) is 58.8 Å². The predicted molar refractivity (Wildman–Crippen MR) is 62.7 cm³/mol. The van der Waals surface area contributed by atoms with Crippen LogP contribution in [0.2, 0.25) is 0 Å². The van der Waals surface area contributed by atoms with Gasteiger partial charge in [0.15, 0.2) is 0 Å². The molecule has 0 unspecified atom stereocenters. The monoisotopic (exact) mass is 225 g/mol. The van der Waals surface area contributed by atoms with Crippen molar-refractivity contribution in [3.8, 4) is 17.8 Å². The molecule has 17 heavy (non-hydrogen) atoms. The molecule has 0 spiro atoms. The molecule has 4 nitrogen and oxygen atoms in total. The fourth-order valence-electron chi connectivity index (χ4n) is 1.41. The predicted octanol–water partition coefficient (Wildman–Crippen LogP) is 2.76. The molecule has 0 bridgehead atoms. The number of nitriles is 1.